The van der Waals surface area contributed by atoms with Gasteiger partial charge in [-0.3, -0.25) is 23.4 Å². The largest absolute Gasteiger partial charge is 0.472 e. The van der Waals surface area contributed by atoms with Gasteiger partial charge in [0.15, 0.2) is 6.10 Å². The Kier molecular flexibility index (Phi) is 53.2. The first-order chi connectivity index (χ1) is 35.2. The Hall–Kier alpha value is -2.30. The minimum absolute atomic E-state index is 0.163. The van der Waals surface area contributed by atoms with Gasteiger partial charge >= 0.3 is 25.7 Å². The van der Waals surface area contributed by atoms with Crippen molar-refractivity contribution in [3.05, 3.63) is 36.5 Å². The van der Waals surface area contributed by atoms with E-state index in [1.165, 1.54) is 128 Å². The SMILES string of the molecule is CCCCCC/C=C\CCCCCCCC(=O)OC(CO)COP(=O)(O)OCC(COC(=O)CCCCCCC/C=C\CCCCCCCC)OC(=O)CCCCCCCCC/C=C\CCCCCCCC. The molecular weight excluding hydrogens is 928 g/mol. The summed E-state index contributed by atoms with van der Waals surface area (Å²) < 4.78 is 39.5. The van der Waals surface area contributed by atoms with Gasteiger partial charge in [-0.15, -0.1) is 0 Å². The molecule has 2 N–H and O–H groups in total. The molecule has 0 aliphatic carbocycles. The van der Waals surface area contributed by atoms with Gasteiger partial charge in [-0.1, -0.05) is 211 Å². The molecule has 0 aliphatic heterocycles. The molecular formula is C60H111O11P. The van der Waals surface area contributed by atoms with Gasteiger partial charge in [0.05, 0.1) is 19.8 Å². The number of rotatable bonds is 56. The monoisotopic (exact) mass is 1040 g/mol. The van der Waals surface area contributed by atoms with Gasteiger partial charge in [0, 0.05) is 19.3 Å². The number of carbonyl (C=O) groups is 3. The van der Waals surface area contributed by atoms with Crippen LogP contribution in [0.25, 0.3) is 0 Å². The van der Waals surface area contributed by atoms with Gasteiger partial charge in [-0.05, 0) is 96.3 Å². The zero-order valence-electron chi connectivity index (χ0n) is 46.7. The zero-order valence-corrected chi connectivity index (χ0v) is 47.6. The Morgan fingerprint density at radius 2 is 0.639 bits per heavy atom. The van der Waals surface area contributed by atoms with E-state index >= 15 is 0 Å². The highest BCUT2D eigenvalue weighted by molar-refractivity contribution is 7.47. The molecule has 0 saturated carbocycles. The van der Waals surface area contributed by atoms with E-state index in [4.69, 9.17) is 23.3 Å². The van der Waals surface area contributed by atoms with Gasteiger partial charge in [0.1, 0.15) is 12.7 Å². The van der Waals surface area contributed by atoms with Gasteiger partial charge < -0.3 is 24.2 Å². The van der Waals surface area contributed by atoms with Crippen molar-refractivity contribution >= 4 is 25.7 Å². The molecule has 0 fully saturated rings. The lowest BCUT2D eigenvalue weighted by molar-refractivity contribution is -0.161. The maximum atomic E-state index is 12.9. The predicted octanol–water partition coefficient (Wildman–Crippen LogP) is 17.6. The first-order valence-electron chi connectivity index (χ1n) is 29.9. The van der Waals surface area contributed by atoms with Crippen LogP contribution in [0.1, 0.15) is 290 Å². The van der Waals surface area contributed by atoms with Crippen LogP contribution in [0, 0.1) is 0 Å². The van der Waals surface area contributed by atoms with Gasteiger partial charge in [-0.2, -0.15) is 0 Å². The van der Waals surface area contributed by atoms with Crippen molar-refractivity contribution < 1.29 is 52.2 Å². The molecule has 0 radical (unpaired) electrons. The molecule has 3 atom stereocenters. The second-order valence-electron chi connectivity index (χ2n) is 20.2. The summed E-state index contributed by atoms with van der Waals surface area (Å²) in [5.41, 5.74) is 0. The Bertz CT molecular complexity index is 1350. The normalized spacial score (nSPS) is 13.6. The van der Waals surface area contributed by atoms with E-state index in [9.17, 15) is 28.9 Å². The van der Waals surface area contributed by atoms with E-state index in [1.54, 1.807) is 0 Å². The van der Waals surface area contributed by atoms with Crippen molar-refractivity contribution in [2.45, 2.75) is 303 Å². The average Bonchev–Trinajstić information content (AvgIpc) is 3.37. The Morgan fingerprint density at radius 3 is 0.972 bits per heavy atom. The molecule has 0 heterocycles. The van der Waals surface area contributed by atoms with Crippen LogP contribution >= 0.6 is 7.82 Å². The fraction of sp³-hybridized carbons (Fsp3) is 0.850. The van der Waals surface area contributed by atoms with Crippen LogP contribution < -0.4 is 0 Å². The third kappa shape index (κ3) is 52.6. The molecule has 0 aliphatic rings. The van der Waals surface area contributed by atoms with Crippen molar-refractivity contribution in [2.75, 3.05) is 26.4 Å². The van der Waals surface area contributed by atoms with Crippen LogP contribution in [0.15, 0.2) is 36.5 Å². The van der Waals surface area contributed by atoms with Crippen molar-refractivity contribution in [3.8, 4) is 0 Å². The summed E-state index contributed by atoms with van der Waals surface area (Å²) in [5.74, 6) is -1.47. The van der Waals surface area contributed by atoms with E-state index in [0.717, 1.165) is 103 Å². The van der Waals surface area contributed by atoms with Crippen molar-refractivity contribution in [3.63, 3.8) is 0 Å². The van der Waals surface area contributed by atoms with Crippen LogP contribution in [0.5, 0.6) is 0 Å². The fourth-order valence-electron chi connectivity index (χ4n) is 8.40. The number of hydrogen-bond donors (Lipinski definition) is 2. The smallest absolute Gasteiger partial charge is 0.462 e. The first-order valence-corrected chi connectivity index (χ1v) is 31.4. The molecule has 11 nitrogen and oxygen atoms in total. The number of allylic oxidation sites excluding steroid dienone is 6. The lowest BCUT2D eigenvalue weighted by Crippen LogP contribution is -2.30. The summed E-state index contributed by atoms with van der Waals surface area (Å²) in [4.78, 5) is 48.5. The van der Waals surface area contributed by atoms with Crippen LogP contribution in [-0.4, -0.2) is 66.5 Å². The standard InChI is InChI=1S/C60H111O11P/c1-4-7-10-13-16-19-22-25-27-28-30-33-36-39-42-45-48-51-60(64)71-57(53-67-58(62)49-46-43-40-37-34-32-29-26-23-20-17-14-11-8-5-2)55-69-72(65,66)68-54-56(52-61)70-59(63)50-47-44-41-38-35-31-24-21-18-15-12-9-6-3/h21,24-27,29,56-57,61H,4-20,22-23,28,30-55H2,1-3H3,(H,65,66)/b24-21-,27-25-,29-26-. The minimum atomic E-state index is -4.75. The number of esters is 3. The number of ether oxygens (including phenoxy) is 3. The molecule has 0 bridgehead atoms. The number of phosphoric ester groups is 1. The molecule has 0 aromatic heterocycles. The Balaban J connectivity index is 4.72. The zero-order chi connectivity index (χ0) is 52.7. The summed E-state index contributed by atoms with van der Waals surface area (Å²) in [6, 6.07) is 0. The number of aliphatic hydroxyl groups excluding tert-OH is 1. The second-order valence-corrected chi connectivity index (χ2v) is 21.6. The van der Waals surface area contributed by atoms with Gasteiger partial charge in [-0.25, -0.2) is 4.57 Å². The molecule has 0 amide bonds. The highest BCUT2D eigenvalue weighted by atomic mass is 31.2. The van der Waals surface area contributed by atoms with Crippen molar-refractivity contribution in [2.24, 2.45) is 0 Å². The summed E-state index contributed by atoms with van der Waals surface area (Å²) >= 11 is 0. The lowest BCUT2D eigenvalue weighted by Gasteiger charge is -2.21. The maximum Gasteiger partial charge on any atom is 0.472 e. The third-order valence-electron chi connectivity index (χ3n) is 13.0. The van der Waals surface area contributed by atoms with E-state index in [-0.39, 0.29) is 25.9 Å². The molecule has 0 saturated heterocycles. The molecule has 12 heteroatoms. The third-order valence-corrected chi connectivity index (χ3v) is 14.0. The maximum absolute atomic E-state index is 12.9. The average molecular weight is 1040 g/mol. The predicted molar refractivity (Wildman–Crippen MR) is 298 cm³/mol. The van der Waals surface area contributed by atoms with Crippen LogP contribution in [0.4, 0.5) is 0 Å². The quantitative estimate of drug-likeness (QED) is 0.0197. The summed E-state index contributed by atoms with van der Waals surface area (Å²) in [7, 11) is -4.75. The van der Waals surface area contributed by atoms with E-state index in [0.29, 0.717) is 19.3 Å². The van der Waals surface area contributed by atoms with E-state index in [1.807, 2.05) is 0 Å². The highest BCUT2D eigenvalue weighted by Gasteiger charge is 2.28. The van der Waals surface area contributed by atoms with E-state index in [2.05, 4.69) is 57.2 Å². The van der Waals surface area contributed by atoms with Crippen LogP contribution in [0.3, 0.4) is 0 Å². The number of carbonyl (C=O) groups excluding carboxylic acids is 3. The fourth-order valence-corrected chi connectivity index (χ4v) is 9.18. The van der Waals surface area contributed by atoms with Crippen LogP contribution in [-0.2, 0) is 42.2 Å². The van der Waals surface area contributed by atoms with Crippen molar-refractivity contribution in [1.29, 1.82) is 0 Å². The summed E-state index contributed by atoms with van der Waals surface area (Å²) in [6.07, 6.45) is 56.7. The topological polar surface area (TPSA) is 155 Å². The number of phosphoric acid groups is 1. The van der Waals surface area contributed by atoms with Gasteiger partial charge in [0.2, 0.25) is 0 Å². The summed E-state index contributed by atoms with van der Waals surface area (Å²) in [5, 5.41) is 9.81. The minimum Gasteiger partial charge on any atom is -0.462 e. The van der Waals surface area contributed by atoms with Crippen molar-refractivity contribution in [1.82, 2.24) is 0 Å². The Labute approximate surface area is 441 Å². The molecule has 0 aromatic carbocycles. The molecule has 422 valence electrons. The highest BCUT2D eigenvalue weighted by Crippen LogP contribution is 2.43. The molecule has 0 rings (SSSR count). The molecule has 0 spiro atoms. The van der Waals surface area contributed by atoms with E-state index < -0.39 is 57.8 Å². The number of aliphatic hydroxyl groups is 1. The second kappa shape index (κ2) is 54.9. The molecule has 3 unspecified atom stereocenters. The summed E-state index contributed by atoms with van der Waals surface area (Å²) in [6.45, 7) is 4.63. The molecule has 0 aromatic rings. The number of unbranched alkanes of at least 4 members (excludes halogenated alkanes) is 33. The molecule has 72 heavy (non-hydrogen) atoms. The Morgan fingerprint density at radius 1 is 0.375 bits per heavy atom. The lowest BCUT2D eigenvalue weighted by atomic mass is 10.1. The number of hydrogen-bond acceptors (Lipinski definition) is 10. The van der Waals surface area contributed by atoms with Crippen LogP contribution in [0.2, 0.25) is 0 Å². The van der Waals surface area contributed by atoms with Gasteiger partial charge in [0.25, 0.3) is 0 Å². The first kappa shape index (κ1) is 69.7.